The molecule has 0 rings (SSSR count). The van der Waals surface area contributed by atoms with Crippen molar-refractivity contribution >= 4 is 68.7 Å². The molecule has 0 atom stereocenters. The van der Waals surface area contributed by atoms with Crippen molar-refractivity contribution in [2.45, 2.75) is 20.8 Å². The Kier molecular flexibility index (Phi) is 6.66. The number of aliphatic hydroxyl groups is 1. The van der Waals surface area contributed by atoms with E-state index in [1.54, 1.807) is 0 Å². The summed E-state index contributed by atoms with van der Waals surface area (Å²) in [5.74, 6) is 0. The van der Waals surface area contributed by atoms with Gasteiger partial charge in [-0.05, 0) is 12.2 Å². The zero-order valence-corrected chi connectivity index (χ0v) is 5.67. The van der Waals surface area contributed by atoms with Crippen LogP contribution in [0.4, 0.5) is 0 Å². The van der Waals surface area contributed by atoms with Gasteiger partial charge in [0.15, 0.2) is 5.05 Å². The van der Waals surface area contributed by atoms with Crippen LogP contribution in [0.3, 0.4) is 0 Å². The fourth-order valence-corrected chi connectivity index (χ4v) is 0. The standard InChI is InChI=1S/C5H10OS.K.H/c1-5(2,3)4(6)7;;/h1-3H3,(H,6,7);;. The minimum atomic E-state index is -0.213. The van der Waals surface area contributed by atoms with Gasteiger partial charge in [-0.1, -0.05) is 20.8 Å². The van der Waals surface area contributed by atoms with Crippen molar-refractivity contribution in [1.29, 1.82) is 0 Å². The molecule has 0 aliphatic carbocycles. The van der Waals surface area contributed by atoms with Crippen LogP contribution in [0.25, 0.3) is 0 Å². The molecule has 1 N–H and O–H groups in total. The second-order valence-corrected chi connectivity index (χ2v) is 2.94. The van der Waals surface area contributed by atoms with Gasteiger partial charge in [-0.15, -0.1) is 0 Å². The molecule has 0 aliphatic rings. The predicted octanol–water partition coefficient (Wildman–Crippen LogP) is 1.27. The van der Waals surface area contributed by atoms with Crippen LogP contribution >= 0.6 is 12.2 Å². The fraction of sp³-hybridized carbons (Fsp3) is 0.800. The van der Waals surface area contributed by atoms with Gasteiger partial charge in [0.05, 0.1) is 0 Å². The average molecular weight is 158 g/mol. The quantitative estimate of drug-likeness (QED) is 0.423. The van der Waals surface area contributed by atoms with Crippen LogP contribution in [-0.4, -0.2) is 61.5 Å². The van der Waals surface area contributed by atoms with Gasteiger partial charge in [0.2, 0.25) is 0 Å². The van der Waals surface area contributed by atoms with Crippen molar-refractivity contribution < 1.29 is 5.11 Å². The van der Waals surface area contributed by atoms with E-state index >= 15 is 0 Å². The van der Waals surface area contributed by atoms with Crippen molar-refractivity contribution in [3.63, 3.8) is 0 Å². The summed E-state index contributed by atoms with van der Waals surface area (Å²) in [6, 6.07) is 0. The number of rotatable bonds is 0. The summed E-state index contributed by atoms with van der Waals surface area (Å²) in [7, 11) is 0. The molecule has 0 saturated heterocycles. The van der Waals surface area contributed by atoms with Crippen molar-refractivity contribution in [2.75, 3.05) is 0 Å². The predicted molar refractivity (Wildman–Crippen MR) is 41.8 cm³/mol. The molecule has 0 aromatic carbocycles. The second kappa shape index (κ2) is 4.36. The molecule has 0 aromatic heterocycles. The number of thiocarbonyl (C=S) groups is 1. The summed E-state index contributed by atoms with van der Waals surface area (Å²) in [4.78, 5) is 0. The number of hydrogen-bond donors (Lipinski definition) is 1. The molecule has 0 aliphatic heterocycles. The van der Waals surface area contributed by atoms with Crippen molar-refractivity contribution in [3.05, 3.63) is 0 Å². The zero-order chi connectivity index (χ0) is 6.08. The Balaban J connectivity index is 0. The molecule has 3 heteroatoms. The molecule has 0 amide bonds. The summed E-state index contributed by atoms with van der Waals surface area (Å²) in [5.41, 5.74) is -0.213. The molecule has 0 saturated carbocycles. The maximum atomic E-state index is 8.62. The van der Waals surface area contributed by atoms with Gasteiger partial charge < -0.3 is 5.11 Å². The summed E-state index contributed by atoms with van der Waals surface area (Å²) >= 11 is 4.49. The van der Waals surface area contributed by atoms with Crippen molar-refractivity contribution in [3.8, 4) is 0 Å². The van der Waals surface area contributed by atoms with E-state index in [0.717, 1.165) is 0 Å². The Morgan fingerprint density at radius 1 is 1.38 bits per heavy atom. The van der Waals surface area contributed by atoms with E-state index in [1.165, 1.54) is 0 Å². The topological polar surface area (TPSA) is 20.2 Å². The van der Waals surface area contributed by atoms with E-state index in [9.17, 15) is 0 Å². The van der Waals surface area contributed by atoms with E-state index in [0.29, 0.717) is 0 Å². The van der Waals surface area contributed by atoms with Gasteiger partial charge >= 0.3 is 51.4 Å². The summed E-state index contributed by atoms with van der Waals surface area (Å²) in [6.07, 6.45) is 0. The molecule has 0 fully saturated rings. The maximum absolute atomic E-state index is 8.62. The molecule has 44 valence electrons. The molecule has 8 heavy (non-hydrogen) atoms. The van der Waals surface area contributed by atoms with Gasteiger partial charge in [-0.25, -0.2) is 0 Å². The van der Waals surface area contributed by atoms with Gasteiger partial charge in [-0.3, -0.25) is 0 Å². The third-order valence-corrected chi connectivity index (χ3v) is 1.25. The van der Waals surface area contributed by atoms with E-state index in [-0.39, 0.29) is 61.9 Å². The summed E-state index contributed by atoms with van der Waals surface area (Å²) in [6.45, 7) is 5.61. The van der Waals surface area contributed by atoms with Gasteiger partial charge in [0.25, 0.3) is 0 Å². The van der Waals surface area contributed by atoms with Gasteiger partial charge in [-0.2, -0.15) is 0 Å². The van der Waals surface area contributed by atoms with Gasteiger partial charge in [0, 0.05) is 5.41 Å². The molecular formula is C5H11KOS. The second-order valence-electron chi connectivity index (χ2n) is 2.56. The Labute approximate surface area is 98.3 Å². The first-order chi connectivity index (χ1) is 2.94. The first-order valence-corrected chi connectivity index (χ1v) is 2.59. The third-order valence-electron chi connectivity index (χ3n) is 0.642. The van der Waals surface area contributed by atoms with E-state index < -0.39 is 0 Å². The summed E-state index contributed by atoms with van der Waals surface area (Å²) < 4.78 is 0. The molecule has 1 nitrogen and oxygen atoms in total. The fourth-order valence-electron chi connectivity index (χ4n) is 0. The van der Waals surface area contributed by atoms with E-state index in [1.807, 2.05) is 20.8 Å². The van der Waals surface area contributed by atoms with Crippen LogP contribution < -0.4 is 0 Å². The molecule has 0 spiro atoms. The molecule has 0 heterocycles. The van der Waals surface area contributed by atoms with Crippen LogP contribution in [0, 0.1) is 5.41 Å². The zero-order valence-electron chi connectivity index (χ0n) is 4.86. The molecule has 0 aromatic rings. The van der Waals surface area contributed by atoms with E-state index in [4.69, 9.17) is 5.11 Å². The first kappa shape index (κ1) is 12.2. The Morgan fingerprint density at radius 2 is 1.50 bits per heavy atom. The van der Waals surface area contributed by atoms with Crippen LogP contribution in [0.2, 0.25) is 0 Å². The van der Waals surface area contributed by atoms with E-state index in [2.05, 4.69) is 12.2 Å². The van der Waals surface area contributed by atoms with Crippen LogP contribution in [-0.2, 0) is 0 Å². The summed E-state index contributed by atoms with van der Waals surface area (Å²) in [5, 5.41) is 8.70. The minimum absolute atomic E-state index is 0. The Bertz CT molecular complexity index is 84.9. The molecular weight excluding hydrogens is 147 g/mol. The monoisotopic (exact) mass is 158 g/mol. The molecule has 0 radical (unpaired) electrons. The third kappa shape index (κ3) is 5.66. The van der Waals surface area contributed by atoms with Crippen molar-refractivity contribution in [1.82, 2.24) is 0 Å². The van der Waals surface area contributed by atoms with Crippen LogP contribution in [0.15, 0.2) is 0 Å². The SMILES string of the molecule is CC(C)(C)C(O)=S.[KH]. The first-order valence-electron chi connectivity index (χ1n) is 2.18. The van der Waals surface area contributed by atoms with Crippen LogP contribution in [0.1, 0.15) is 20.8 Å². The molecule has 0 unspecified atom stereocenters. The Hall–Kier alpha value is 1.53. The van der Waals surface area contributed by atoms with Crippen molar-refractivity contribution in [2.24, 2.45) is 5.41 Å². The Morgan fingerprint density at radius 3 is 1.50 bits per heavy atom. The van der Waals surface area contributed by atoms with Crippen LogP contribution in [0.5, 0.6) is 0 Å². The molecule has 0 bridgehead atoms. The number of hydrogen-bond acceptors (Lipinski definition) is 1. The normalized spacial score (nSPS) is 9.88. The van der Waals surface area contributed by atoms with Gasteiger partial charge in [0.1, 0.15) is 0 Å². The number of aliphatic hydroxyl groups excluding tert-OH is 1. The average Bonchev–Trinajstić information content (AvgIpc) is 1.31.